The van der Waals surface area contributed by atoms with Crippen molar-refractivity contribution >= 4 is 22.7 Å². The van der Waals surface area contributed by atoms with Gasteiger partial charge in [0, 0.05) is 16.5 Å². The number of benzene rings is 2. The fourth-order valence-electron chi connectivity index (χ4n) is 3.05. The Morgan fingerprint density at radius 1 is 1.00 bits per heavy atom. The zero-order valence-corrected chi connectivity index (χ0v) is 15.7. The summed E-state index contributed by atoms with van der Waals surface area (Å²) in [6.07, 6.45) is 0. The fourth-order valence-corrected chi connectivity index (χ4v) is 3.63. The van der Waals surface area contributed by atoms with Crippen LogP contribution in [-0.2, 0) is 4.74 Å². The van der Waals surface area contributed by atoms with Crippen LogP contribution in [0.2, 0.25) is 0 Å². The molecule has 0 atom stereocenters. The number of nitrogens with zero attached hydrogens (tertiary/aromatic N) is 1. The molecule has 0 saturated heterocycles. The van der Waals surface area contributed by atoms with Crippen LogP contribution in [0.5, 0.6) is 5.75 Å². The summed E-state index contributed by atoms with van der Waals surface area (Å²) >= 11 is 1.49. The number of allylic oxidation sites excluding steroid dienone is 1. The molecular weight excluding hydrogens is 384 g/mol. The molecule has 1 aliphatic rings. The lowest BCUT2D eigenvalue weighted by atomic mass is 10.0. The van der Waals surface area contributed by atoms with E-state index in [1.165, 1.54) is 17.4 Å². The molecule has 0 fully saturated rings. The van der Waals surface area contributed by atoms with Crippen LogP contribution in [0.3, 0.4) is 0 Å². The molecule has 1 aromatic heterocycles. The van der Waals surface area contributed by atoms with Gasteiger partial charge < -0.3 is 9.47 Å². The molecule has 0 saturated carbocycles. The molecule has 1 aliphatic carbocycles. The van der Waals surface area contributed by atoms with Crippen molar-refractivity contribution in [1.82, 2.24) is 4.98 Å². The highest BCUT2D eigenvalue weighted by Gasteiger charge is 2.33. The summed E-state index contributed by atoms with van der Waals surface area (Å²) in [5, 5.41) is 0. The SMILES string of the molecule is Cc1scnc1C1=C(OCCOc2ccc(F)c(F)c2)C(=O)c2ccccc21. The van der Waals surface area contributed by atoms with Crippen LogP contribution in [0.4, 0.5) is 8.78 Å². The second kappa shape index (κ2) is 7.52. The monoisotopic (exact) mass is 399 g/mol. The van der Waals surface area contributed by atoms with E-state index in [2.05, 4.69) is 4.98 Å². The van der Waals surface area contributed by atoms with E-state index in [-0.39, 0.29) is 30.5 Å². The molecule has 28 heavy (non-hydrogen) atoms. The molecule has 0 spiro atoms. The van der Waals surface area contributed by atoms with E-state index in [1.54, 1.807) is 17.6 Å². The predicted molar refractivity (Wildman–Crippen MR) is 101 cm³/mol. The smallest absolute Gasteiger partial charge is 0.228 e. The Morgan fingerprint density at radius 3 is 2.46 bits per heavy atom. The first kappa shape index (κ1) is 18.3. The lowest BCUT2D eigenvalue weighted by Crippen LogP contribution is -2.11. The molecule has 1 heterocycles. The van der Waals surface area contributed by atoms with Gasteiger partial charge in [-0.3, -0.25) is 4.79 Å². The fraction of sp³-hybridized carbons (Fsp3) is 0.143. The second-order valence-corrected chi connectivity index (χ2v) is 7.17. The van der Waals surface area contributed by atoms with Gasteiger partial charge in [0.15, 0.2) is 17.4 Å². The number of fused-ring (bicyclic) bond motifs is 1. The largest absolute Gasteiger partial charge is 0.490 e. The van der Waals surface area contributed by atoms with Crippen molar-refractivity contribution in [2.75, 3.05) is 13.2 Å². The maximum absolute atomic E-state index is 13.2. The number of carbonyl (C=O) groups excluding carboxylic acids is 1. The number of thiazole rings is 1. The van der Waals surface area contributed by atoms with Gasteiger partial charge in [-0.25, -0.2) is 13.8 Å². The van der Waals surface area contributed by atoms with Crippen LogP contribution in [0.25, 0.3) is 5.57 Å². The van der Waals surface area contributed by atoms with Crippen LogP contribution in [0.15, 0.2) is 53.7 Å². The van der Waals surface area contributed by atoms with Crippen molar-refractivity contribution in [3.8, 4) is 5.75 Å². The van der Waals surface area contributed by atoms with Crippen molar-refractivity contribution in [3.63, 3.8) is 0 Å². The number of hydrogen-bond acceptors (Lipinski definition) is 5. The Bertz CT molecular complexity index is 1090. The number of aryl methyl sites for hydroxylation is 1. The van der Waals surface area contributed by atoms with E-state index in [0.717, 1.165) is 28.3 Å². The number of ketones is 1. The van der Waals surface area contributed by atoms with Gasteiger partial charge >= 0.3 is 0 Å². The molecule has 7 heteroatoms. The third-order valence-electron chi connectivity index (χ3n) is 4.35. The minimum absolute atomic E-state index is 0.0702. The Hall–Kier alpha value is -3.06. The van der Waals surface area contributed by atoms with Gasteiger partial charge in [-0.15, -0.1) is 11.3 Å². The first-order valence-corrected chi connectivity index (χ1v) is 9.43. The zero-order valence-electron chi connectivity index (χ0n) is 14.9. The van der Waals surface area contributed by atoms with Crippen LogP contribution < -0.4 is 4.74 Å². The van der Waals surface area contributed by atoms with Crippen LogP contribution in [-0.4, -0.2) is 24.0 Å². The summed E-state index contributed by atoms with van der Waals surface area (Å²) in [7, 11) is 0. The number of rotatable bonds is 6. The molecule has 0 bridgehead atoms. The molecule has 0 unspecified atom stereocenters. The van der Waals surface area contributed by atoms with Crippen molar-refractivity contribution in [1.29, 1.82) is 0 Å². The number of Topliss-reactive ketones (excluding diaryl/α,β-unsaturated/α-hetero) is 1. The quantitative estimate of drug-likeness (QED) is 0.560. The average Bonchev–Trinajstić information content (AvgIpc) is 3.23. The van der Waals surface area contributed by atoms with Crippen LogP contribution in [0, 0.1) is 18.6 Å². The number of hydrogen-bond donors (Lipinski definition) is 0. The topological polar surface area (TPSA) is 48.4 Å². The molecule has 0 amide bonds. The molecule has 0 aliphatic heterocycles. The summed E-state index contributed by atoms with van der Waals surface area (Å²) in [6, 6.07) is 10.6. The van der Waals surface area contributed by atoms with E-state index >= 15 is 0 Å². The maximum Gasteiger partial charge on any atom is 0.228 e. The van der Waals surface area contributed by atoms with Gasteiger partial charge in [0.1, 0.15) is 19.0 Å². The van der Waals surface area contributed by atoms with Gasteiger partial charge in [0.05, 0.1) is 16.8 Å². The normalized spacial score (nSPS) is 13.0. The van der Waals surface area contributed by atoms with E-state index in [9.17, 15) is 13.6 Å². The van der Waals surface area contributed by atoms with Gasteiger partial charge in [-0.05, 0) is 24.6 Å². The van der Waals surface area contributed by atoms with E-state index in [0.29, 0.717) is 11.1 Å². The molecule has 4 nitrogen and oxygen atoms in total. The Labute approximate surface area is 164 Å². The van der Waals surface area contributed by atoms with Crippen LogP contribution in [0.1, 0.15) is 26.5 Å². The lowest BCUT2D eigenvalue weighted by molar-refractivity contribution is 0.0895. The lowest BCUT2D eigenvalue weighted by Gasteiger charge is -2.10. The van der Waals surface area contributed by atoms with E-state index < -0.39 is 11.6 Å². The van der Waals surface area contributed by atoms with Crippen molar-refractivity contribution in [3.05, 3.63) is 87.1 Å². The van der Waals surface area contributed by atoms with Gasteiger partial charge in [-0.1, -0.05) is 24.3 Å². The maximum atomic E-state index is 13.2. The third kappa shape index (κ3) is 3.29. The summed E-state index contributed by atoms with van der Waals surface area (Å²) in [6.45, 7) is 2.08. The first-order chi connectivity index (χ1) is 13.6. The molecule has 0 radical (unpaired) electrons. The minimum Gasteiger partial charge on any atom is -0.490 e. The van der Waals surface area contributed by atoms with Crippen molar-refractivity contribution < 1.29 is 23.0 Å². The summed E-state index contributed by atoms with van der Waals surface area (Å²) in [5.74, 6) is -1.71. The molecule has 0 N–H and O–H groups in total. The van der Waals surface area contributed by atoms with Crippen LogP contribution >= 0.6 is 11.3 Å². The molecular formula is C21H15F2NO3S. The van der Waals surface area contributed by atoms with E-state index in [1.807, 2.05) is 19.1 Å². The summed E-state index contributed by atoms with van der Waals surface area (Å²) < 4.78 is 37.4. The molecule has 3 aromatic rings. The minimum atomic E-state index is -0.983. The average molecular weight is 399 g/mol. The highest BCUT2D eigenvalue weighted by molar-refractivity contribution is 7.09. The summed E-state index contributed by atoms with van der Waals surface area (Å²) in [4.78, 5) is 18.2. The summed E-state index contributed by atoms with van der Waals surface area (Å²) in [5.41, 5.74) is 4.49. The van der Waals surface area contributed by atoms with E-state index in [4.69, 9.17) is 9.47 Å². The standard InChI is InChI=1S/C21H15F2NO3S/c1-12-19(24-11-28-12)18-14-4-2-3-5-15(14)20(25)21(18)27-9-8-26-13-6-7-16(22)17(23)10-13/h2-7,10-11H,8-9H2,1H3. The third-order valence-corrected chi connectivity index (χ3v) is 5.10. The zero-order chi connectivity index (χ0) is 19.7. The number of ether oxygens (including phenoxy) is 2. The highest BCUT2D eigenvalue weighted by Crippen LogP contribution is 2.39. The van der Waals surface area contributed by atoms with Gasteiger partial charge in [0.25, 0.3) is 0 Å². The Kier molecular flexibility index (Phi) is 4.92. The molecule has 142 valence electrons. The Morgan fingerprint density at radius 2 is 1.75 bits per heavy atom. The molecule has 2 aromatic carbocycles. The molecule has 4 rings (SSSR count). The Balaban J connectivity index is 1.54. The predicted octanol–water partition coefficient (Wildman–Crippen LogP) is 4.78. The second-order valence-electron chi connectivity index (χ2n) is 6.11. The highest BCUT2D eigenvalue weighted by atomic mass is 32.1. The van der Waals surface area contributed by atoms with Crippen molar-refractivity contribution in [2.45, 2.75) is 6.92 Å². The number of carbonyl (C=O) groups is 1. The number of aromatic nitrogens is 1. The van der Waals surface area contributed by atoms with Gasteiger partial charge in [0.2, 0.25) is 5.78 Å². The van der Waals surface area contributed by atoms with Crippen molar-refractivity contribution in [2.24, 2.45) is 0 Å². The number of halogens is 2. The van der Waals surface area contributed by atoms with Gasteiger partial charge in [-0.2, -0.15) is 0 Å². The first-order valence-electron chi connectivity index (χ1n) is 8.55.